The van der Waals surface area contributed by atoms with Crippen LogP contribution in [0.4, 0.5) is 0 Å². The summed E-state index contributed by atoms with van der Waals surface area (Å²) in [7, 11) is 0. The average molecular weight is 351 g/mol. The maximum absolute atomic E-state index is 5.87. The van der Waals surface area contributed by atoms with Crippen LogP contribution in [0.2, 0.25) is 0 Å². The van der Waals surface area contributed by atoms with E-state index in [2.05, 4.69) is 63.6 Å². The predicted octanol–water partition coefficient (Wildman–Crippen LogP) is 5.65. The second kappa shape index (κ2) is 7.48. The van der Waals surface area contributed by atoms with E-state index in [0.29, 0.717) is 18.4 Å². The summed E-state index contributed by atoms with van der Waals surface area (Å²) in [6.45, 7) is 14.3. The summed E-state index contributed by atoms with van der Waals surface area (Å²) >= 11 is 0. The molecule has 3 aromatic heterocycles. The first-order valence-corrected chi connectivity index (χ1v) is 9.57. The van der Waals surface area contributed by atoms with Crippen molar-refractivity contribution in [1.82, 2.24) is 14.5 Å². The largest absolute Gasteiger partial charge is 0.477 e. The van der Waals surface area contributed by atoms with Crippen LogP contribution < -0.4 is 4.74 Å². The summed E-state index contributed by atoms with van der Waals surface area (Å²) in [4.78, 5) is 9.77. The summed E-state index contributed by atoms with van der Waals surface area (Å²) < 4.78 is 8.17. The number of nitrogens with zero attached hydrogens (tertiary/aromatic N) is 3. The quantitative estimate of drug-likeness (QED) is 0.576. The Morgan fingerprint density at radius 2 is 1.85 bits per heavy atom. The van der Waals surface area contributed by atoms with Crippen molar-refractivity contribution < 1.29 is 4.74 Å². The first kappa shape index (κ1) is 18.4. The molecule has 0 fully saturated rings. The van der Waals surface area contributed by atoms with Crippen LogP contribution in [0.3, 0.4) is 0 Å². The van der Waals surface area contributed by atoms with E-state index in [9.17, 15) is 0 Å². The molecule has 26 heavy (non-hydrogen) atoms. The zero-order valence-corrected chi connectivity index (χ0v) is 16.8. The van der Waals surface area contributed by atoms with Gasteiger partial charge in [-0.25, -0.2) is 9.97 Å². The minimum Gasteiger partial charge on any atom is -0.477 e. The fraction of sp³-hybridized carbons (Fsp3) is 0.455. The summed E-state index contributed by atoms with van der Waals surface area (Å²) in [5, 5.41) is 0. The first-order chi connectivity index (χ1) is 12.5. The van der Waals surface area contributed by atoms with Crippen molar-refractivity contribution in [3.05, 3.63) is 41.2 Å². The van der Waals surface area contributed by atoms with E-state index >= 15 is 0 Å². The number of hydrogen-bond acceptors (Lipinski definition) is 3. The third-order valence-electron chi connectivity index (χ3n) is 4.70. The van der Waals surface area contributed by atoms with Gasteiger partial charge in [0.1, 0.15) is 0 Å². The number of fused-ring (bicyclic) bond motifs is 1. The van der Waals surface area contributed by atoms with Gasteiger partial charge in [-0.2, -0.15) is 0 Å². The number of rotatable bonds is 6. The van der Waals surface area contributed by atoms with Crippen LogP contribution in [0.25, 0.3) is 22.3 Å². The van der Waals surface area contributed by atoms with Gasteiger partial charge in [0, 0.05) is 18.4 Å². The van der Waals surface area contributed by atoms with E-state index in [1.165, 1.54) is 11.1 Å². The molecule has 0 N–H and O–H groups in total. The van der Waals surface area contributed by atoms with Gasteiger partial charge < -0.3 is 9.30 Å². The highest BCUT2D eigenvalue weighted by molar-refractivity contribution is 5.85. The number of ether oxygens (including phenoxy) is 1. The Morgan fingerprint density at radius 1 is 1.08 bits per heavy atom. The topological polar surface area (TPSA) is 39.9 Å². The summed E-state index contributed by atoms with van der Waals surface area (Å²) in [6.07, 6.45) is 3.31. The third kappa shape index (κ3) is 3.33. The average Bonchev–Trinajstić information content (AvgIpc) is 2.90. The lowest BCUT2D eigenvalue weighted by molar-refractivity contribution is 0.327. The molecule has 138 valence electrons. The van der Waals surface area contributed by atoms with Crippen molar-refractivity contribution in [3.63, 3.8) is 0 Å². The van der Waals surface area contributed by atoms with Crippen LogP contribution in [0, 0.1) is 13.8 Å². The second-order valence-corrected chi connectivity index (χ2v) is 7.20. The van der Waals surface area contributed by atoms with Crippen molar-refractivity contribution in [2.24, 2.45) is 0 Å². The van der Waals surface area contributed by atoms with E-state index < -0.39 is 0 Å². The van der Waals surface area contributed by atoms with Gasteiger partial charge in [0.25, 0.3) is 0 Å². The molecule has 4 nitrogen and oxygen atoms in total. The fourth-order valence-electron chi connectivity index (χ4n) is 3.37. The molecule has 0 radical (unpaired) electrons. The van der Waals surface area contributed by atoms with E-state index in [0.717, 1.165) is 41.0 Å². The van der Waals surface area contributed by atoms with Gasteiger partial charge in [-0.3, -0.25) is 0 Å². The summed E-state index contributed by atoms with van der Waals surface area (Å²) in [6, 6.07) is 6.43. The van der Waals surface area contributed by atoms with Crippen LogP contribution in [0.5, 0.6) is 5.88 Å². The van der Waals surface area contributed by atoms with Crippen molar-refractivity contribution in [2.45, 2.75) is 60.4 Å². The van der Waals surface area contributed by atoms with Crippen LogP contribution in [-0.4, -0.2) is 21.1 Å². The van der Waals surface area contributed by atoms with Crippen LogP contribution in [0.1, 0.15) is 56.9 Å². The molecule has 4 heteroatoms. The number of pyridine rings is 2. The van der Waals surface area contributed by atoms with Gasteiger partial charge in [0.2, 0.25) is 5.88 Å². The van der Waals surface area contributed by atoms with Crippen molar-refractivity contribution in [2.75, 3.05) is 6.61 Å². The van der Waals surface area contributed by atoms with Gasteiger partial charge in [-0.1, -0.05) is 20.8 Å². The van der Waals surface area contributed by atoms with E-state index in [4.69, 9.17) is 14.7 Å². The maximum Gasteiger partial charge on any atom is 0.223 e. The molecule has 0 bridgehead atoms. The highest BCUT2D eigenvalue weighted by atomic mass is 16.5. The smallest absolute Gasteiger partial charge is 0.223 e. The Labute approximate surface area is 156 Å². The maximum atomic E-state index is 5.87. The molecule has 3 rings (SSSR count). The lowest BCUT2D eigenvalue weighted by Crippen LogP contribution is -2.03. The Morgan fingerprint density at radius 3 is 2.50 bits per heavy atom. The monoisotopic (exact) mass is 351 g/mol. The van der Waals surface area contributed by atoms with E-state index in [1.807, 2.05) is 6.92 Å². The second-order valence-electron chi connectivity index (χ2n) is 7.20. The summed E-state index contributed by atoms with van der Waals surface area (Å²) in [5.74, 6) is 1.05. The zero-order valence-electron chi connectivity index (χ0n) is 16.8. The highest BCUT2D eigenvalue weighted by Crippen LogP contribution is 2.33. The van der Waals surface area contributed by atoms with Crippen molar-refractivity contribution >= 4 is 11.0 Å². The van der Waals surface area contributed by atoms with Gasteiger partial charge in [-0.15, -0.1) is 0 Å². The van der Waals surface area contributed by atoms with Crippen LogP contribution >= 0.6 is 0 Å². The van der Waals surface area contributed by atoms with Crippen molar-refractivity contribution in [3.8, 4) is 17.1 Å². The SMILES string of the molecule is CCCn1cc(C)c2nc(-c3ccc(C(C)C)nc3OCC)c(C)cc21. The fourth-order valence-corrected chi connectivity index (χ4v) is 3.37. The molecular weight excluding hydrogens is 322 g/mol. The molecule has 0 aromatic carbocycles. The molecule has 3 heterocycles. The molecule has 0 aliphatic carbocycles. The van der Waals surface area contributed by atoms with E-state index in [1.54, 1.807) is 0 Å². The van der Waals surface area contributed by atoms with Gasteiger partial charge in [0.05, 0.1) is 28.9 Å². The number of aromatic nitrogens is 3. The molecular formula is C22H29N3O. The van der Waals surface area contributed by atoms with E-state index in [-0.39, 0.29) is 0 Å². The van der Waals surface area contributed by atoms with Crippen LogP contribution in [-0.2, 0) is 6.54 Å². The standard InChI is InChI=1S/C22H29N3O/c1-7-11-25-13-16(6)21-19(25)12-15(5)20(24-21)17-9-10-18(14(3)4)23-22(17)26-8-2/h9-10,12-14H,7-8,11H2,1-6H3. The van der Waals surface area contributed by atoms with Gasteiger partial charge in [-0.05, 0) is 62.4 Å². The molecule has 0 saturated carbocycles. The lowest BCUT2D eigenvalue weighted by atomic mass is 10.0. The Hall–Kier alpha value is -2.36. The number of hydrogen-bond donors (Lipinski definition) is 0. The summed E-state index contributed by atoms with van der Waals surface area (Å²) in [5.41, 5.74) is 7.60. The third-order valence-corrected chi connectivity index (χ3v) is 4.70. The highest BCUT2D eigenvalue weighted by Gasteiger charge is 2.17. The molecule has 0 spiro atoms. The van der Waals surface area contributed by atoms with Gasteiger partial charge >= 0.3 is 0 Å². The molecule has 0 atom stereocenters. The minimum absolute atomic E-state index is 0.366. The molecule has 3 aromatic rings. The lowest BCUT2D eigenvalue weighted by Gasteiger charge is -2.14. The van der Waals surface area contributed by atoms with Gasteiger partial charge in [0.15, 0.2) is 0 Å². The van der Waals surface area contributed by atoms with Crippen molar-refractivity contribution in [1.29, 1.82) is 0 Å². The first-order valence-electron chi connectivity index (χ1n) is 9.57. The molecule has 0 aliphatic heterocycles. The zero-order chi connectivity index (χ0) is 18.8. The molecule has 0 saturated heterocycles. The molecule has 0 unspecified atom stereocenters. The minimum atomic E-state index is 0.366. The molecule has 0 amide bonds. The Kier molecular flexibility index (Phi) is 5.30. The molecule has 0 aliphatic rings. The Bertz CT molecular complexity index is 925. The normalized spacial score (nSPS) is 11.5. The van der Waals surface area contributed by atoms with Crippen LogP contribution in [0.15, 0.2) is 24.4 Å². The Balaban J connectivity index is 2.19. The number of aryl methyl sites for hydroxylation is 3. The predicted molar refractivity (Wildman–Crippen MR) is 108 cm³/mol.